The number of likely N-dealkylation sites (tertiary alicyclic amines) is 2. The Bertz CT molecular complexity index is 1390. The summed E-state index contributed by atoms with van der Waals surface area (Å²) in [5.74, 6) is 1.45. The summed E-state index contributed by atoms with van der Waals surface area (Å²) in [5, 5.41) is 3.00. The van der Waals surface area contributed by atoms with Gasteiger partial charge in [-0.05, 0) is 74.4 Å². The van der Waals surface area contributed by atoms with E-state index < -0.39 is 0 Å². The van der Waals surface area contributed by atoms with Gasteiger partial charge < -0.3 is 15.0 Å². The van der Waals surface area contributed by atoms with E-state index in [1.807, 2.05) is 31.2 Å². The van der Waals surface area contributed by atoms with Crippen molar-refractivity contribution in [3.8, 4) is 11.6 Å². The van der Waals surface area contributed by atoms with Gasteiger partial charge in [-0.2, -0.15) is 0 Å². The number of carbonyl (C=O) groups is 2. The summed E-state index contributed by atoms with van der Waals surface area (Å²) in [6.45, 7) is 8.94. The summed E-state index contributed by atoms with van der Waals surface area (Å²) in [6, 6.07) is 22.5. The Morgan fingerprint density at radius 1 is 0.976 bits per heavy atom. The van der Waals surface area contributed by atoms with Crippen molar-refractivity contribution in [3.05, 3.63) is 89.1 Å². The van der Waals surface area contributed by atoms with E-state index in [0.717, 1.165) is 57.4 Å². The number of piperidine rings is 1. The van der Waals surface area contributed by atoms with Gasteiger partial charge in [0.05, 0.1) is 6.04 Å². The summed E-state index contributed by atoms with van der Waals surface area (Å²) in [5.41, 5.74) is 3.69. The van der Waals surface area contributed by atoms with E-state index in [4.69, 9.17) is 9.72 Å². The quantitative estimate of drug-likeness (QED) is 0.369. The van der Waals surface area contributed by atoms with Crippen molar-refractivity contribution in [1.82, 2.24) is 20.1 Å². The second-order valence-electron chi connectivity index (χ2n) is 12.5. The minimum Gasteiger partial charge on any atom is -0.439 e. The van der Waals surface area contributed by atoms with E-state index in [1.165, 1.54) is 11.1 Å². The molecule has 6 rings (SSSR count). The number of hydrogen-bond donors (Lipinski definition) is 1. The van der Waals surface area contributed by atoms with Crippen molar-refractivity contribution in [2.24, 2.45) is 5.41 Å². The average Bonchev–Trinajstić information content (AvgIpc) is 3.75. The average molecular weight is 553 g/mol. The molecule has 2 amide bonds. The summed E-state index contributed by atoms with van der Waals surface area (Å²) in [4.78, 5) is 35.1. The zero-order valence-electron chi connectivity index (χ0n) is 24.3. The number of pyridine rings is 1. The van der Waals surface area contributed by atoms with E-state index in [9.17, 15) is 9.59 Å². The third kappa shape index (κ3) is 6.15. The lowest BCUT2D eigenvalue weighted by molar-refractivity contribution is -0.138. The molecule has 3 aliphatic rings. The molecule has 7 heteroatoms. The molecule has 0 radical (unpaired) electrons. The molecule has 214 valence electrons. The maximum atomic E-state index is 13.5. The van der Waals surface area contributed by atoms with E-state index >= 15 is 0 Å². The molecule has 3 aromatic rings. The Labute approximate surface area is 242 Å². The smallest absolute Gasteiger partial charge is 0.251 e. The van der Waals surface area contributed by atoms with Crippen LogP contribution in [0.5, 0.6) is 11.6 Å². The molecule has 7 nitrogen and oxygen atoms in total. The summed E-state index contributed by atoms with van der Waals surface area (Å²) < 4.78 is 5.98. The third-order valence-corrected chi connectivity index (χ3v) is 8.80. The minimum absolute atomic E-state index is 0.0340. The number of rotatable bonds is 8. The van der Waals surface area contributed by atoms with Crippen LogP contribution in [0.4, 0.5) is 0 Å². The number of nitrogens with zero attached hydrogens (tertiary/aromatic N) is 3. The van der Waals surface area contributed by atoms with Crippen molar-refractivity contribution in [2.45, 2.75) is 77.5 Å². The van der Waals surface area contributed by atoms with Crippen LogP contribution in [0.15, 0.2) is 66.7 Å². The Morgan fingerprint density at radius 3 is 2.34 bits per heavy atom. The van der Waals surface area contributed by atoms with E-state index in [1.54, 1.807) is 12.1 Å². The van der Waals surface area contributed by atoms with Crippen molar-refractivity contribution in [2.75, 3.05) is 13.1 Å². The molecular weight excluding hydrogens is 512 g/mol. The minimum atomic E-state index is -0.322. The molecular formula is C34H40N4O3. The van der Waals surface area contributed by atoms with Crippen LogP contribution in [0.25, 0.3) is 0 Å². The summed E-state index contributed by atoms with van der Waals surface area (Å²) in [7, 11) is 0. The van der Waals surface area contributed by atoms with Crippen LogP contribution >= 0.6 is 0 Å². The molecule has 1 atom stereocenters. The fourth-order valence-corrected chi connectivity index (χ4v) is 6.21. The van der Waals surface area contributed by atoms with Gasteiger partial charge in [-0.15, -0.1) is 0 Å². The van der Waals surface area contributed by atoms with Gasteiger partial charge in [-0.25, -0.2) is 4.98 Å². The number of aryl methyl sites for hydroxylation is 1. The normalized spacial score (nSPS) is 21.2. The molecule has 1 N–H and O–H groups in total. The molecule has 0 bridgehead atoms. The van der Waals surface area contributed by atoms with Crippen LogP contribution in [-0.2, 0) is 11.3 Å². The highest BCUT2D eigenvalue weighted by Gasteiger charge is 2.48. The number of hydrogen-bond acceptors (Lipinski definition) is 5. The monoisotopic (exact) mass is 552 g/mol. The second-order valence-corrected chi connectivity index (χ2v) is 12.5. The van der Waals surface area contributed by atoms with Crippen LogP contribution in [0, 0.1) is 12.3 Å². The van der Waals surface area contributed by atoms with E-state index in [-0.39, 0.29) is 29.3 Å². The predicted octanol–water partition coefficient (Wildman–Crippen LogP) is 6.04. The highest BCUT2D eigenvalue weighted by molar-refractivity contribution is 5.94. The zero-order chi connectivity index (χ0) is 28.6. The molecule has 0 spiro atoms. The standard InChI is InChI=1S/C34H40N4O3/c1-23-26(11-16-31(35-23)41-29-14-9-25(10-15-29)32(39)36-27-12-13-27)22-37-19-17-28(18-20-37)38-30(21-34(2,3)33(38)40)24-7-5-4-6-8-24/h4-11,14-16,27-28,30H,12-13,17-22H2,1-3H3,(H,36,39). The molecule has 1 unspecified atom stereocenters. The fourth-order valence-electron chi connectivity index (χ4n) is 6.21. The van der Waals surface area contributed by atoms with Gasteiger partial charge in [-0.1, -0.05) is 50.2 Å². The van der Waals surface area contributed by atoms with Crippen molar-refractivity contribution < 1.29 is 14.3 Å². The first kappa shape index (κ1) is 27.5. The summed E-state index contributed by atoms with van der Waals surface area (Å²) in [6.07, 6.45) is 4.97. The number of benzene rings is 2. The molecule has 41 heavy (non-hydrogen) atoms. The van der Waals surface area contributed by atoms with Crippen molar-refractivity contribution >= 4 is 11.8 Å². The Hall–Kier alpha value is -3.71. The fraction of sp³-hybridized carbons (Fsp3) is 0.441. The van der Waals surface area contributed by atoms with Gasteiger partial charge in [0.15, 0.2) is 0 Å². The lowest BCUT2D eigenvalue weighted by atomic mass is 9.88. The molecule has 2 aromatic carbocycles. The number of amides is 2. The molecule has 3 heterocycles. The molecule has 2 aliphatic heterocycles. The second kappa shape index (κ2) is 11.3. The third-order valence-electron chi connectivity index (χ3n) is 8.80. The lowest BCUT2D eigenvalue weighted by Gasteiger charge is -2.40. The van der Waals surface area contributed by atoms with Crippen LogP contribution in [0.2, 0.25) is 0 Å². The Balaban J connectivity index is 1.04. The van der Waals surface area contributed by atoms with Gasteiger partial charge in [0, 0.05) is 54.5 Å². The van der Waals surface area contributed by atoms with Crippen LogP contribution in [0.3, 0.4) is 0 Å². The summed E-state index contributed by atoms with van der Waals surface area (Å²) >= 11 is 0. The van der Waals surface area contributed by atoms with Gasteiger partial charge >= 0.3 is 0 Å². The largest absolute Gasteiger partial charge is 0.439 e. The van der Waals surface area contributed by atoms with E-state index in [2.05, 4.69) is 59.3 Å². The first-order valence-corrected chi connectivity index (χ1v) is 14.9. The number of carbonyl (C=O) groups excluding carboxylic acids is 2. The highest BCUT2D eigenvalue weighted by atomic mass is 16.5. The first-order valence-electron chi connectivity index (χ1n) is 14.9. The number of aromatic nitrogens is 1. The first-order chi connectivity index (χ1) is 19.8. The number of nitrogens with one attached hydrogen (secondary N) is 1. The van der Waals surface area contributed by atoms with Gasteiger partial charge in [0.1, 0.15) is 5.75 Å². The predicted molar refractivity (Wildman–Crippen MR) is 159 cm³/mol. The van der Waals surface area contributed by atoms with Crippen LogP contribution in [-0.4, -0.2) is 51.8 Å². The zero-order valence-corrected chi connectivity index (χ0v) is 24.3. The van der Waals surface area contributed by atoms with Crippen LogP contribution < -0.4 is 10.1 Å². The van der Waals surface area contributed by atoms with Crippen molar-refractivity contribution in [1.29, 1.82) is 0 Å². The SMILES string of the molecule is Cc1nc(Oc2ccc(C(=O)NC3CC3)cc2)ccc1CN1CCC(N2C(=O)C(C)(C)CC2c2ccccc2)CC1. The molecule has 1 aliphatic carbocycles. The highest BCUT2D eigenvalue weighted by Crippen LogP contribution is 2.46. The Morgan fingerprint density at radius 2 is 1.68 bits per heavy atom. The van der Waals surface area contributed by atoms with Gasteiger partial charge in [-0.3, -0.25) is 14.5 Å². The molecule has 3 fully saturated rings. The maximum absolute atomic E-state index is 13.5. The van der Waals surface area contributed by atoms with Gasteiger partial charge in [0.25, 0.3) is 5.91 Å². The van der Waals surface area contributed by atoms with Gasteiger partial charge in [0.2, 0.25) is 11.8 Å². The topological polar surface area (TPSA) is 74.8 Å². The Kier molecular flexibility index (Phi) is 7.56. The maximum Gasteiger partial charge on any atom is 0.251 e. The molecule has 1 saturated carbocycles. The number of ether oxygens (including phenoxy) is 1. The molecule has 1 aromatic heterocycles. The molecule has 2 saturated heterocycles. The van der Waals surface area contributed by atoms with E-state index in [0.29, 0.717) is 23.2 Å². The van der Waals surface area contributed by atoms with Crippen LogP contribution in [0.1, 0.15) is 79.2 Å². The van der Waals surface area contributed by atoms with Crippen molar-refractivity contribution in [3.63, 3.8) is 0 Å². The lowest BCUT2D eigenvalue weighted by Crippen LogP contribution is -2.47.